The van der Waals surface area contributed by atoms with Gasteiger partial charge in [0.1, 0.15) is 11.2 Å². The predicted octanol–water partition coefficient (Wildman–Crippen LogP) is 2.51. The average Bonchev–Trinajstić information content (AvgIpc) is 2.51. The molecule has 1 atom stereocenters. The summed E-state index contributed by atoms with van der Waals surface area (Å²) in [7, 11) is 1.54. The van der Waals surface area contributed by atoms with Crippen molar-refractivity contribution in [2.75, 3.05) is 7.11 Å². The SMILES string of the molecule is CCC1=C(OC)C2=CC=CC=C[C@@]2(C(C)=O)C1=O. The van der Waals surface area contributed by atoms with E-state index in [4.69, 9.17) is 4.74 Å². The average molecular weight is 244 g/mol. The van der Waals surface area contributed by atoms with E-state index in [9.17, 15) is 9.59 Å². The van der Waals surface area contributed by atoms with E-state index in [1.54, 1.807) is 18.2 Å². The Labute approximate surface area is 107 Å². The number of rotatable bonds is 3. The molecule has 0 saturated heterocycles. The maximum absolute atomic E-state index is 12.6. The molecule has 0 bridgehead atoms. The summed E-state index contributed by atoms with van der Waals surface area (Å²) in [5, 5.41) is 0. The van der Waals surface area contributed by atoms with Gasteiger partial charge in [0, 0.05) is 11.1 Å². The van der Waals surface area contributed by atoms with Gasteiger partial charge < -0.3 is 4.74 Å². The molecule has 0 aliphatic heterocycles. The number of hydrogen-bond acceptors (Lipinski definition) is 3. The van der Waals surface area contributed by atoms with Gasteiger partial charge in [-0.05, 0) is 13.3 Å². The molecule has 0 aromatic rings. The van der Waals surface area contributed by atoms with E-state index in [1.807, 2.05) is 19.1 Å². The van der Waals surface area contributed by atoms with Crippen LogP contribution in [-0.4, -0.2) is 18.7 Å². The van der Waals surface area contributed by atoms with E-state index >= 15 is 0 Å². The second-order valence-electron chi connectivity index (χ2n) is 4.38. The fraction of sp³-hybridized carbons (Fsp3) is 0.333. The molecule has 3 heteroatoms. The molecule has 2 rings (SSSR count). The topological polar surface area (TPSA) is 43.4 Å². The highest BCUT2D eigenvalue weighted by Gasteiger charge is 2.53. The number of ether oxygens (including phenoxy) is 1. The normalized spacial score (nSPS) is 25.9. The van der Waals surface area contributed by atoms with Gasteiger partial charge in [0.25, 0.3) is 0 Å². The van der Waals surface area contributed by atoms with Crippen molar-refractivity contribution in [1.29, 1.82) is 0 Å². The summed E-state index contributed by atoms with van der Waals surface area (Å²) in [4.78, 5) is 24.6. The molecule has 0 amide bonds. The molecule has 18 heavy (non-hydrogen) atoms. The number of Topliss-reactive ketones (excluding diaryl/α,β-unsaturated/α-hetero) is 2. The minimum absolute atomic E-state index is 0.152. The van der Waals surface area contributed by atoms with Crippen molar-refractivity contribution >= 4 is 11.6 Å². The Bertz CT molecular complexity index is 532. The first-order chi connectivity index (χ1) is 8.59. The second-order valence-corrected chi connectivity index (χ2v) is 4.38. The smallest absolute Gasteiger partial charge is 0.184 e. The number of hydrogen-bond donors (Lipinski definition) is 0. The lowest BCUT2D eigenvalue weighted by atomic mass is 9.76. The number of methoxy groups -OCH3 is 1. The molecule has 0 N–H and O–H groups in total. The van der Waals surface area contributed by atoms with Crippen LogP contribution >= 0.6 is 0 Å². The molecule has 0 aromatic carbocycles. The van der Waals surface area contributed by atoms with Gasteiger partial charge in [0.15, 0.2) is 11.6 Å². The van der Waals surface area contributed by atoms with Crippen molar-refractivity contribution in [3.05, 3.63) is 47.3 Å². The van der Waals surface area contributed by atoms with Gasteiger partial charge in [-0.25, -0.2) is 0 Å². The van der Waals surface area contributed by atoms with Crippen molar-refractivity contribution in [1.82, 2.24) is 0 Å². The fourth-order valence-electron chi connectivity index (χ4n) is 2.61. The van der Waals surface area contributed by atoms with Crippen LogP contribution in [0.25, 0.3) is 0 Å². The second kappa shape index (κ2) is 4.41. The first-order valence-electron chi connectivity index (χ1n) is 5.99. The zero-order chi connectivity index (χ0) is 13.3. The number of fused-ring (bicyclic) bond motifs is 1. The van der Waals surface area contributed by atoms with Crippen LogP contribution in [0.1, 0.15) is 20.3 Å². The van der Waals surface area contributed by atoms with Gasteiger partial charge in [0.05, 0.1) is 7.11 Å². The van der Waals surface area contributed by atoms with Crippen LogP contribution < -0.4 is 0 Å². The third-order valence-corrected chi connectivity index (χ3v) is 3.52. The molecule has 0 saturated carbocycles. The van der Waals surface area contributed by atoms with E-state index in [0.717, 1.165) is 0 Å². The highest BCUT2D eigenvalue weighted by atomic mass is 16.5. The molecule has 0 heterocycles. The minimum atomic E-state index is -1.18. The Kier molecular flexibility index (Phi) is 3.07. The highest BCUT2D eigenvalue weighted by molar-refractivity contribution is 6.22. The zero-order valence-corrected chi connectivity index (χ0v) is 10.8. The van der Waals surface area contributed by atoms with Crippen molar-refractivity contribution in [3.8, 4) is 0 Å². The fourth-order valence-corrected chi connectivity index (χ4v) is 2.61. The Morgan fingerprint density at radius 2 is 2.06 bits per heavy atom. The molecule has 2 aliphatic carbocycles. The number of allylic oxidation sites excluding steroid dienone is 7. The van der Waals surface area contributed by atoms with Gasteiger partial charge >= 0.3 is 0 Å². The van der Waals surface area contributed by atoms with Gasteiger partial charge in [-0.15, -0.1) is 0 Å². The van der Waals surface area contributed by atoms with E-state index in [1.165, 1.54) is 14.0 Å². The van der Waals surface area contributed by atoms with Crippen LogP contribution in [0.4, 0.5) is 0 Å². The molecular weight excluding hydrogens is 228 g/mol. The van der Waals surface area contributed by atoms with Crippen LogP contribution in [0, 0.1) is 5.41 Å². The van der Waals surface area contributed by atoms with Gasteiger partial charge in [0.2, 0.25) is 0 Å². The lowest BCUT2D eigenvalue weighted by molar-refractivity contribution is -0.131. The summed E-state index contributed by atoms with van der Waals surface area (Å²) >= 11 is 0. The monoisotopic (exact) mass is 244 g/mol. The van der Waals surface area contributed by atoms with Gasteiger partial charge in [-0.2, -0.15) is 0 Å². The predicted molar refractivity (Wildman–Crippen MR) is 68.8 cm³/mol. The summed E-state index contributed by atoms with van der Waals surface area (Å²) in [5.74, 6) is 0.228. The lowest BCUT2D eigenvalue weighted by Crippen LogP contribution is -2.34. The summed E-state index contributed by atoms with van der Waals surface area (Å²) in [6, 6.07) is 0. The Balaban J connectivity index is 2.73. The zero-order valence-electron chi connectivity index (χ0n) is 10.8. The van der Waals surface area contributed by atoms with Crippen LogP contribution in [0.5, 0.6) is 0 Å². The largest absolute Gasteiger partial charge is 0.496 e. The highest BCUT2D eigenvalue weighted by Crippen LogP contribution is 2.47. The number of ketones is 2. The molecule has 3 nitrogen and oxygen atoms in total. The van der Waals surface area contributed by atoms with Crippen molar-refractivity contribution < 1.29 is 14.3 Å². The van der Waals surface area contributed by atoms with E-state index < -0.39 is 5.41 Å². The van der Waals surface area contributed by atoms with E-state index in [2.05, 4.69) is 0 Å². The first-order valence-corrected chi connectivity index (χ1v) is 5.99. The summed E-state index contributed by atoms with van der Waals surface area (Å²) in [6.45, 7) is 3.35. The molecule has 0 spiro atoms. The van der Waals surface area contributed by atoms with Gasteiger partial charge in [-0.1, -0.05) is 37.3 Å². The molecule has 2 aliphatic rings. The Morgan fingerprint density at radius 3 is 2.61 bits per heavy atom. The maximum atomic E-state index is 12.6. The van der Waals surface area contributed by atoms with E-state index in [0.29, 0.717) is 23.3 Å². The first kappa shape index (κ1) is 12.6. The summed E-state index contributed by atoms with van der Waals surface area (Å²) in [6.07, 6.45) is 9.40. The molecule has 0 radical (unpaired) electrons. The summed E-state index contributed by atoms with van der Waals surface area (Å²) < 4.78 is 5.36. The quantitative estimate of drug-likeness (QED) is 0.716. The van der Waals surface area contributed by atoms with Crippen molar-refractivity contribution in [3.63, 3.8) is 0 Å². The summed E-state index contributed by atoms with van der Waals surface area (Å²) in [5.41, 5.74) is 0.0726. The standard InChI is InChI=1S/C15H16O3/c1-4-11-13(18-3)12-8-6-5-7-9-15(12,10(2)16)14(11)17/h5-9H,4H2,1-3H3/t15-/m0/s1. The van der Waals surface area contributed by atoms with Crippen molar-refractivity contribution in [2.45, 2.75) is 20.3 Å². The number of carbonyl (C=O) groups is 2. The van der Waals surface area contributed by atoms with Crippen LogP contribution in [-0.2, 0) is 14.3 Å². The van der Waals surface area contributed by atoms with Crippen LogP contribution in [0.15, 0.2) is 47.3 Å². The third-order valence-electron chi connectivity index (χ3n) is 3.52. The van der Waals surface area contributed by atoms with Crippen molar-refractivity contribution in [2.24, 2.45) is 5.41 Å². The van der Waals surface area contributed by atoms with Gasteiger partial charge in [-0.3, -0.25) is 9.59 Å². The Hall–Kier alpha value is -1.90. The molecular formula is C15H16O3. The lowest BCUT2D eigenvalue weighted by Gasteiger charge is -2.22. The molecule has 94 valence electrons. The molecule has 0 unspecified atom stereocenters. The minimum Gasteiger partial charge on any atom is -0.496 e. The Morgan fingerprint density at radius 1 is 1.33 bits per heavy atom. The molecule has 0 aromatic heterocycles. The molecule has 0 fully saturated rings. The van der Waals surface area contributed by atoms with E-state index in [-0.39, 0.29) is 11.6 Å². The van der Waals surface area contributed by atoms with Crippen LogP contribution in [0.3, 0.4) is 0 Å². The maximum Gasteiger partial charge on any atom is 0.184 e. The third kappa shape index (κ3) is 1.43. The number of carbonyl (C=O) groups excluding carboxylic acids is 2. The van der Waals surface area contributed by atoms with Crippen LogP contribution in [0.2, 0.25) is 0 Å².